The Bertz CT molecular complexity index is 875. The molecule has 0 bridgehead atoms. The van der Waals surface area contributed by atoms with Gasteiger partial charge in [0.05, 0.1) is 7.11 Å². The van der Waals surface area contributed by atoms with Gasteiger partial charge in [-0.15, -0.1) is 0 Å². The number of carbonyl (C=O) groups is 1. The number of piperazine rings is 1. The summed E-state index contributed by atoms with van der Waals surface area (Å²) >= 11 is 0. The van der Waals surface area contributed by atoms with Crippen molar-refractivity contribution in [3.63, 3.8) is 0 Å². The Balaban J connectivity index is 1.30. The average Bonchev–Trinajstić information content (AvgIpc) is 2.83. The zero-order valence-corrected chi connectivity index (χ0v) is 18.4. The lowest BCUT2D eigenvalue weighted by molar-refractivity contribution is -0.133. The first-order chi connectivity index (χ1) is 15.1. The molecule has 2 aliphatic heterocycles. The molecule has 0 saturated carbocycles. The molecule has 2 aliphatic rings. The van der Waals surface area contributed by atoms with Gasteiger partial charge in [0.25, 0.3) is 5.91 Å². The van der Waals surface area contributed by atoms with Crippen LogP contribution in [-0.4, -0.2) is 73.8 Å². The van der Waals surface area contributed by atoms with Gasteiger partial charge in [-0.1, -0.05) is 0 Å². The monoisotopic (exact) mass is 425 g/mol. The molecular weight excluding hydrogens is 394 g/mol. The summed E-state index contributed by atoms with van der Waals surface area (Å²) in [5, 5.41) is 0. The van der Waals surface area contributed by atoms with Crippen LogP contribution in [0.1, 0.15) is 25.0 Å². The Morgan fingerprint density at radius 3 is 2.26 bits per heavy atom. The molecule has 8 heteroatoms. The van der Waals surface area contributed by atoms with E-state index in [-0.39, 0.29) is 12.5 Å². The molecule has 1 aromatic carbocycles. The molecule has 1 aromatic heterocycles. The van der Waals surface area contributed by atoms with Gasteiger partial charge in [0, 0.05) is 51.0 Å². The summed E-state index contributed by atoms with van der Waals surface area (Å²) in [7, 11) is 1.62. The molecule has 3 heterocycles. The SMILES string of the molecule is COc1ccc(OCC(=O)N2CCN(c3cc(C)nc(N4CCCCC4)n3)CC2)cc1. The quantitative estimate of drug-likeness (QED) is 0.704. The van der Waals surface area contributed by atoms with Crippen LogP contribution in [0.25, 0.3) is 0 Å². The standard InChI is InChI=1S/C23H31N5O3/c1-18-16-21(25-23(24-18)28-10-4-3-5-11-28)26-12-14-27(15-13-26)22(29)17-31-20-8-6-19(30-2)7-9-20/h6-9,16H,3-5,10-15,17H2,1-2H3. The van der Waals surface area contributed by atoms with Gasteiger partial charge in [0.2, 0.25) is 5.95 Å². The van der Waals surface area contributed by atoms with Crippen LogP contribution in [0.2, 0.25) is 0 Å². The Kier molecular flexibility index (Phi) is 6.74. The maximum atomic E-state index is 12.6. The number of amides is 1. The molecule has 1 amide bonds. The second kappa shape index (κ2) is 9.85. The van der Waals surface area contributed by atoms with Crippen LogP contribution in [0.3, 0.4) is 0 Å². The number of aryl methyl sites for hydroxylation is 1. The molecule has 166 valence electrons. The van der Waals surface area contributed by atoms with Crippen molar-refractivity contribution in [1.82, 2.24) is 14.9 Å². The van der Waals surface area contributed by atoms with Crippen molar-refractivity contribution in [2.75, 3.05) is 62.8 Å². The van der Waals surface area contributed by atoms with E-state index in [4.69, 9.17) is 14.5 Å². The Hall–Kier alpha value is -3.03. The van der Waals surface area contributed by atoms with E-state index >= 15 is 0 Å². The van der Waals surface area contributed by atoms with E-state index in [9.17, 15) is 4.79 Å². The molecule has 0 aliphatic carbocycles. The maximum absolute atomic E-state index is 12.6. The van der Waals surface area contributed by atoms with E-state index in [0.29, 0.717) is 18.8 Å². The predicted octanol–water partition coefficient (Wildman–Crippen LogP) is 2.51. The van der Waals surface area contributed by atoms with Crippen molar-refractivity contribution in [2.24, 2.45) is 0 Å². The third-order valence-corrected chi connectivity index (χ3v) is 5.85. The van der Waals surface area contributed by atoms with Gasteiger partial charge in [0.1, 0.15) is 17.3 Å². The summed E-state index contributed by atoms with van der Waals surface area (Å²) in [5.74, 6) is 3.21. The molecular formula is C23H31N5O3. The maximum Gasteiger partial charge on any atom is 0.260 e. The number of methoxy groups -OCH3 is 1. The average molecular weight is 426 g/mol. The Morgan fingerprint density at radius 1 is 0.903 bits per heavy atom. The van der Waals surface area contributed by atoms with Crippen LogP contribution >= 0.6 is 0 Å². The van der Waals surface area contributed by atoms with Crippen LogP contribution in [0, 0.1) is 6.92 Å². The molecule has 0 spiro atoms. The minimum atomic E-state index is 0.00309. The number of piperidine rings is 1. The van der Waals surface area contributed by atoms with E-state index < -0.39 is 0 Å². The zero-order chi connectivity index (χ0) is 21.6. The number of anilines is 2. The first-order valence-corrected chi connectivity index (χ1v) is 11.0. The lowest BCUT2D eigenvalue weighted by Gasteiger charge is -2.36. The molecule has 4 rings (SSSR count). The normalized spacial score (nSPS) is 16.9. The van der Waals surface area contributed by atoms with Crippen LogP contribution in [0.4, 0.5) is 11.8 Å². The van der Waals surface area contributed by atoms with Gasteiger partial charge >= 0.3 is 0 Å². The number of aromatic nitrogens is 2. The number of hydrogen-bond donors (Lipinski definition) is 0. The lowest BCUT2D eigenvalue weighted by Crippen LogP contribution is -2.50. The zero-order valence-electron chi connectivity index (χ0n) is 18.4. The Morgan fingerprint density at radius 2 is 1.58 bits per heavy atom. The summed E-state index contributed by atoms with van der Waals surface area (Å²) < 4.78 is 10.8. The number of ether oxygens (including phenoxy) is 2. The van der Waals surface area contributed by atoms with E-state index in [1.54, 1.807) is 19.2 Å². The molecule has 2 saturated heterocycles. The number of rotatable bonds is 6. The molecule has 31 heavy (non-hydrogen) atoms. The summed E-state index contributed by atoms with van der Waals surface area (Å²) in [4.78, 5) is 28.5. The van der Waals surface area contributed by atoms with Crippen LogP contribution in [0.15, 0.2) is 30.3 Å². The smallest absolute Gasteiger partial charge is 0.260 e. The van der Waals surface area contributed by atoms with Gasteiger partial charge in [-0.05, 0) is 50.5 Å². The molecule has 0 N–H and O–H groups in total. The van der Waals surface area contributed by atoms with Gasteiger partial charge in [0.15, 0.2) is 6.61 Å². The minimum absolute atomic E-state index is 0.00309. The van der Waals surface area contributed by atoms with Gasteiger partial charge < -0.3 is 24.2 Å². The lowest BCUT2D eigenvalue weighted by atomic mass is 10.1. The fourth-order valence-corrected chi connectivity index (χ4v) is 4.03. The van der Waals surface area contributed by atoms with Crippen molar-refractivity contribution in [1.29, 1.82) is 0 Å². The van der Waals surface area contributed by atoms with Gasteiger partial charge in [-0.25, -0.2) is 4.98 Å². The van der Waals surface area contributed by atoms with Gasteiger partial charge in [-0.2, -0.15) is 4.98 Å². The summed E-state index contributed by atoms with van der Waals surface area (Å²) in [6.45, 7) is 6.94. The first kappa shape index (κ1) is 21.2. The van der Waals surface area contributed by atoms with Crippen molar-refractivity contribution in [3.8, 4) is 11.5 Å². The van der Waals surface area contributed by atoms with E-state index in [2.05, 4.69) is 14.8 Å². The molecule has 8 nitrogen and oxygen atoms in total. The van der Waals surface area contributed by atoms with Crippen molar-refractivity contribution >= 4 is 17.7 Å². The van der Waals surface area contributed by atoms with E-state index in [1.165, 1.54) is 19.3 Å². The fraction of sp³-hybridized carbons (Fsp3) is 0.522. The van der Waals surface area contributed by atoms with E-state index in [1.807, 2.05) is 30.0 Å². The van der Waals surface area contributed by atoms with Crippen molar-refractivity contribution in [2.45, 2.75) is 26.2 Å². The molecule has 0 atom stereocenters. The van der Waals surface area contributed by atoms with Crippen LogP contribution in [-0.2, 0) is 4.79 Å². The molecule has 2 fully saturated rings. The second-order valence-electron chi connectivity index (χ2n) is 8.05. The van der Waals surface area contributed by atoms with Crippen molar-refractivity contribution < 1.29 is 14.3 Å². The summed E-state index contributed by atoms with van der Waals surface area (Å²) in [6, 6.07) is 9.29. The largest absolute Gasteiger partial charge is 0.497 e. The molecule has 0 unspecified atom stereocenters. The first-order valence-electron chi connectivity index (χ1n) is 11.0. The number of benzene rings is 1. The van der Waals surface area contributed by atoms with E-state index in [0.717, 1.165) is 49.4 Å². The molecule has 2 aromatic rings. The fourth-order valence-electron chi connectivity index (χ4n) is 4.03. The third kappa shape index (κ3) is 5.37. The summed E-state index contributed by atoms with van der Waals surface area (Å²) in [5.41, 5.74) is 0.983. The van der Waals surface area contributed by atoms with Crippen molar-refractivity contribution in [3.05, 3.63) is 36.0 Å². The van der Waals surface area contributed by atoms with Crippen LogP contribution < -0.4 is 19.3 Å². The highest BCUT2D eigenvalue weighted by atomic mass is 16.5. The Labute approximate surface area is 183 Å². The van der Waals surface area contributed by atoms with Gasteiger partial charge in [-0.3, -0.25) is 4.79 Å². The second-order valence-corrected chi connectivity index (χ2v) is 8.05. The van der Waals surface area contributed by atoms with Crippen LogP contribution in [0.5, 0.6) is 11.5 Å². The number of nitrogens with zero attached hydrogens (tertiary/aromatic N) is 5. The highest BCUT2D eigenvalue weighted by Gasteiger charge is 2.23. The number of carbonyl (C=O) groups excluding carboxylic acids is 1. The molecule has 0 radical (unpaired) electrons. The predicted molar refractivity (Wildman–Crippen MR) is 120 cm³/mol. The summed E-state index contributed by atoms with van der Waals surface area (Å²) in [6.07, 6.45) is 3.69. The topological polar surface area (TPSA) is 71.0 Å². The minimum Gasteiger partial charge on any atom is -0.497 e. The number of hydrogen-bond acceptors (Lipinski definition) is 7. The third-order valence-electron chi connectivity index (χ3n) is 5.85. The highest BCUT2D eigenvalue weighted by Crippen LogP contribution is 2.22. The highest BCUT2D eigenvalue weighted by molar-refractivity contribution is 5.78.